The summed E-state index contributed by atoms with van der Waals surface area (Å²) < 4.78 is 43.8. The van der Waals surface area contributed by atoms with Crippen molar-refractivity contribution in [2.45, 2.75) is 30.7 Å². The van der Waals surface area contributed by atoms with E-state index in [2.05, 4.69) is 10.0 Å². The van der Waals surface area contributed by atoms with Gasteiger partial charge in [-0.25, -0.2) is 13.2 Å². The Labute approximate surface area is 180 Å². The molecule has 0 radical (unpaired) electrons. The average Bonchev–Trinajstić information content (AvgIpc) is 3.56. The van der Waals surface area contributed by atoms with E-state index in [1.807, 2.05) is 0 Å². The van der Waals surface area contributed by atoms with Crippen LogP contribution in [0.3, 0.4) is 0 Å². The number of methoxy groups -OCH3 is 1. The number of nitrogens with one attached hydrogen (secondary N) is 2. The summed E-state index contributed by atoms with van der Waals surface area (Å²) in [4.78, 5) is 23.9. The molecule has 0 bridgehead atoms. The topological polar surface area (TPSA) is 120 Å². The molecule has 0 atom stereocenters. The fraction of sp³-hybridized carbons (Fsp3) is 0.333. The lowest BCUT2D eigenvalue weighted by Gasteiger charge is -2.15. The maximum Gasteiger partial charge on any atom is 0.344 e. The molecule has 31 heavy (non-hydrogen) atoms. The third kappa shape index (κ3) is 5.88. The number of carbonyl (C=O) groups excluding carboxylic acids is 2. The van der Waals surface area contributed by atoms with Gasteiger partial charge in [-0.1, -0.05) is 12.1 Å². The normalized spacial score (nSPS) is 13.2. The van der Waals surface area contributed by atoms with Gasteiger partial charge in [0.05, 0.1) is 29.9 Å². The number of amides is 1. The second kappa shape index (κ2) is 9.69. The molecule has 0 aromatic heterocycles. The lowest BCUT2D eigenvalue weighted by molar-refractivity contribution is -0.145. The lowest BCUT2D eigenvalue weighted by Crippen LogP contribution is -2.27. The zero-order chi connectivity index (χ0) is 22.4. The predicted molar refractivity (Wildman–Crippen MR) is 113 cm³/mol. The molecular formula is C21H24N2O7S. The molecule has 0 aliphatic heterocycles. The van der Waals surface area contributed by atoms with Crippen molar-refractivity contribution in [3.63, 3.8) is 0 Å². The minimum absolute atomic E-state index is 0.0678. The van der Waals surface area contributed by atoms with Gasteiger partial charge in [-0.05, 0) is 44.0 Å². The molecule has 0 unspecified atom stereocenters. The van der Waals surface area contributed by atoms with E-state index in [-0.39, 0.29) is 46.2 Å². The second-order valence-corrected chi connectivity index (χ2v) is 8.49. The Morgan fingerprint density at radius 1 is 1.10 bits per heavy atom. The number of sulfonamides is 1. The van der Waals surface area contributed by atoms with Gasteiger partial charge in [-0.3, -0.25) is 9.52 Å². The number of ether oxygens (including phenoxy) is 3. The van der Waals surface area contributed by atoms with Crippen LogP contribution in [0, 0.1) is 0 Å². The van der Waals surface area contributed by atoms with Crippen molar-refractivity contribution in [1.29, 1.82) is 0 Å². The molecule has 0 spiro atoms. The minimum atomic E-state index is -4.06. The summed E-state index contributed by atoms with van der Waals surface area (Å²) in [6.07, 6.45) is 1.83. The van der Waals surface area contributed by atoms with Crippen LogP contribution in [0.25, 0.3) is 0 Å². The molecule has 0 saturated heterocycles. The van der Waals surface area contributed by atoms with Gasteiger partial charge >= 0.3 is 5.97 Å². The van der Waals surface area contributed by atoms with Gasteiger partial charge in [-0.2, -0.15) is 0 Å². The number of anilines is 1. The van der Waals surface area contributed by atoms with Crippen LogP contribution in [0.4, 0.5) is 5.69 Å². The molecule has 9 nitrogen and oxygen atoms in total. The highest BCUT2D eigenvalue weighted by Gasteiger charge is 2.26. The largest absolute Gasteiger partial charge is 0.493 e. The Balaban J connectivity index is 1.83. The summed E-state index contributed by atoms with van der Waals surface area (Å²) in [7, 11) is -2.66. The molecule has 10 heteroatoms. The molecule has 166 valence electrons. The van der Waals surface area contributed by atoms with Gasteiger partial charge in [0.1, 0.15) is 0 Å². The standard InChI is InChI=1S/C21H24N2O7S/c1-3-29-20(24)13-30-19-12-15(10-11-18(19)28-2)31(26,27)23-17-7-5-4-6-16(17)21(25)22-14-8-9-14/h4-7,10-12,14,23H,3,8-9,13H2,1-2H3,(H,22,25). The van der Waals surface area contributed by atoms with Crippen molar-refractivity contribution >= 4 is 27.6 Å². The molecule has 2 aromatic carbocycles. The number of hydrogen-bond acceptors (Lipinski definition) is 7. The number of hydrogen-bond donors (Lipinski definition) is 2. The SMILES string of the molecule is CCOC(=O)COc1cc(S(=O)(=O)Nc2ccccc2C(=O)NC2CC2)ccc1OC. The zero-order valence-corrected chi connectivity index (χ0v) is 18.0. The van der Waals surface area contributed by atoms with Crippen LogP contribution in [0.1, 0.15) is 30.1 Å². The highest BCUT2D eigenvalue weighted by Crippen LogP contribution is 2.31. The van der Waals surface area contributed by atoms with Crippen LogP contribution in [-0.4, -0.2) is 46.7 Å². The van der Waals surface area contributed by atoms with E-state index in [0.29, 0.717) is 0 Å². The van der Waals surface area contributed by atoms with Crippen LogP contribution in [0.15, 0.2) is 47.4 Å². The molecule has 2 aromatic rings. The maximum absolute atomic E-state index is 13.0. The van der Waals surface area contributed by atoms with Gasteiger partial charge in [-0.15, -0.1) is 0 Å². The summed E-state index contributed by atoms with van der Waals surface area (Å²) in [5, 5.41) is 2.84. The van der Waals surface area contributed by atoms with Crippen molar-refractivity contribution in [2.75, 3.05) is 25.0 Å². The third-order valence-corrected chi connectivity index (χ3v) is 5.79. The smallest absolute Gasteiger partial charge is 0.344 e. The monoisotopic (exact) mass is 448 g/mol. The van der Waals surface area contributed by atoms with Crippen LogP contribution < -0.4 is 19.5 Å². The molecule has 1 fully saturated rings. The molecule has 1 amide bonds. The molecular weight excluding hydrogens is 424 g/mol. The number of benzene rings is 2. The first kappa shape index (κ1) is 22.4. The first-order valence-electron chi connectivity index (χ1n) is 9.73. The van der Waals surface area contributed by atoms with Crippen molar-refractivity contribution in [1.82, 2.24) is 5.32 Å². The minimum Gasteiger partial charge on any atom is -0.493 e. The Morgan fingerprint density at radius 2 is 1.84 bits per heavy atom. The van der Waals surface area contributed by atoms with Crippen molar-refractivity contribution in [3.8, 4) is 11.5 Å². The van der Waals surface area contributed by atoms with Crippen molar-refractivity contribution in [2.24, 2.45) is 0 Å². The molecule has 1 saturated carbocycles. The van der Waals surface area contributed by atoms with Crippen LogP contribution >= 0.6 is 0 Å². The van der Waals surface area contributed by atoms with Gasteiger partial charge in [0.15, 0.2) is 18.1 Å². The van der Waals surface area contributed by atoms with Crippen molar-refractivity contribution < 1.29 is 32.2 Å². The Morgan fingerprint density at radius 3 is 2.52 bits per heavy atom. The highest BCUT2D eigenvalue weighted by atomic mass is 32.2. The fourth-order valence-corrected chi connectivity index (χ4v) is 3.84. The van der Waals surface area contributed by atoms with Gasteiger partial charge in [0, 0.05) is 12.1 Å². The summed E-state index contributed by atoms with van der Waals surface area (Å²) in [6.45, 7) is 1.47. The molecule has 3 rings (SSSR count). The van der Waals surface area contributed by atoms with E-state index in [9.17, 15) is 18.0 Å². The second-order valence-electron chi connectivity index (χ2n) is 6.81. The van der Waals surface area contributed by atoms with Gasteiger partial charge < -0.3 is 19.5 Å². The van der Waals surface area contributed by atoms with Crippen LogP contribution in [0.5, 0.6) is 11.5 Å². The Hall–Kier alpha value is -3.27. The average molecular weight is 448 g/mol. The van der Waals surface area contributed by atoms with E-state index in [1.54, 1.807) is 25.1 Å². The quantitative estimate of drug-likeness (QED) is 0.535. The molecule has 2 N–H and O–H groups in total. The highest BCUT2D eigenvalue weighted by molar-refractivity contribution is 7.92. The summed E-state index contributed by atoms with van der Waals surface area (Å²) in [6, 6.07) is 10.5. The van der Waals surface area contributed by atoms with Crippen molar-refractivity contribution in [3.05, 3.63) is 48.0 Å². The maximum atomic E-state index is 13.0. The molecule has 1 aliphatic rings. The summed E-state index contributed by atoms with van der Waals surface area (Å²) >= 11 is 0. The first-order chi connectivity index (χ1) is 14.8. The van der Waals surface area contributed by atoms with Crippen LogP contribution in [0.2, 0.25) is 0 Å². The number of carbonyl (C=O) groups is 2. The first-order valence-corrected chi connectivity index (χ1v) is 11.2. The Kier molecular flexibility index (Phi) is 7.01. The van der Waals surface area contributed by atoms with E-state index in [1.165, 1.54) is 31.4 Å². The predicted octanol–water partition coefficient (Wildman–Crippen LogP) is 2.33. The summed E-state index contributed by atoms with van der Waals surface area (Å²) in [5.74, 6) is -0.605. The number of rotatable bonds is 10. The molecule has 0 heterocycles. The fourth-order valence-electron chi connectivity index (χ4n) is 2.74. The lowest BCUT2D eigenvalue weighted by atomic mass is 10.1. The summed E-state index contributed by atoms with van der Waals surface area (Å²) in [5.41, 5.74) is 0.385. The Bertz CT molecular complexity index is 1070. The third-order valence-electron chi connectivity index (χ3n) is 4.42. The van der Waals surface area contributed by atoms with Gasteiger partial charge in [0.2, 0.25) is 0 Å². The number of para-hydroxylation sites is 1. The van der Waals surface area contributed by atoms with E-state index in [0.717, 1.165) is 12.8 Å². The van der Waals surface area contributed by atoms with E-state index in [4.69, 9.17) is 14.2 Å². The van der Waals surface area contributed by atoms with Gasteiger partial charge in [0.25, 0.3) is 15.9 Å². The van der Waals surface area contributed by atoms with Crippen LogP contribution in [-0.2, 0) is 19.6 Å². The zero-order valence-electron chi connectivity index (χ0n) is 17.2. The van der Waals surface area contributed by atoms with E-state index >= 15 is 0 Å². The molecule has 1 aliphatic carbocycles. The van der Waals surface area contributed by atoms with E-state index < -0.39 is 22.6 Å². The number of esters is 1.